The molecule has 6 heteroatoms. The minimum atomic E-state index is 0.583. The third-order valence-corrected chi connectivity index (χ3v) is 14.5. The molecule has 5 nitrogen and oxygen atoms in total. The molecule has 67 heavy (non-hydrogen) atoms. The van der Waals surface area contributed by atoms with Crippen LogP contribution >= 0.6 is 11.3 Å². The molecule has 14 aromatic rings. The summed E-state index contributed by atoms with van der Waals surface area (Å²) in [6.45, 7) is 0. The summed E-state index contributed by atoms with van der Waals surface area (Å²) in [5, 5.41) is 9.58. The summed E-state index contributed by atoms with van der Waals surface area (Å²) < 4.78 is 11.4. The zero-order valence-electron chi connectivity index (χ0n) is 35.9. The van der Waals surface area contributed by atoms with Gasteiger partial charge in [-0.25, -0.2) is 15.0 Å². The minimum Gasteiger partial charge on any atom is -0.456 e. The average Bonchev–Trinajstić information content (AvgIpc) is 4.07. The Morgan fingerprint density at radius 2 is 0.940 bits per heavy atom. The van der Waals surface area contributed by atoms with Gasteiger partial charge in [-0.3, -0.25) is 0 Å². The molecule has 0 atom stereocenters. The van der Waals surface area contributed by atoms with Gasteiger partial charge in [-0.1, -0.05) is 152 Å². The van der Waals surface area contributed by atoms with Crippen molar-refractivity contribution in [2.45, 2.75) is 0 Å². The molecule has 0 aliphatic heterocycles. The molecule has 0 radical (unpaired) electrons. The van der Waals surface area contributed by atoms with E-state index in [9.17, 15) is 0 Å². The molecule has 0 aliphatic rings. The quantitative estimate of drug-likeness (QED) is 0.167. The molecule has 0 amide bonds. The second-order valence-corrected chi connectivity index (χ2v) is 18.2. The summed E-state index contributed by atoms with van der Waals surface area (Å²) in [4.78, 5) is 15.3. The first-order valence-corrected chi connectivity index (χ1v) is 23.3. The number of para-hydroxylation sites is 2. The van der Waals surface area contributed by atoms with E-state index in [1.54, 1.807) is 0 Å². The number of rotatable bonds is 6. The fourth-order valence-electron chi connectivity index (χ4n) is 10.1. The highest BCUT2D eigenvalue weighted by Gasteiger charge is 2.20. The van der Waals surface area contributed by atoms with Gasteiger partial charge in [-0.05, 0) is 94.2 Å². The van der Waals surface area contributed by atoms with Crippen LogP contribution in [-0.4, -0.2) is 19.5 Å². The molecule has 0 aliphatic carbocycles. The van der Waals surface area contributed by atoms with E-state index in [1.807, 2.05) is 65.9 Å². The maximum atomic E-state index is 6.29. The van der Waals surface area contributed by atoms with Crippen molar-refractivity contribution in [1.82, 2.24) is 19.5 Å². The van der Waals surface area contributed by atoms with E-state index in [4.69, 9.17) is 19.4 Å². The van der Waals surface area contributed by atoms with Crippen LogP contribution in [0.25, 0.3) is 137 Å². The largest absolute Gasteiger partial charge is 0.456 e. The van der Waals surface area contributed by atoms with Crippen molar-refractivity contribution in [2.75, 3.05) is 0 Å². The van der Waals surface area contributed by atoms with Crippen LogP contribution in [0.15, 0.2) is 223 Å². The van der Waals surface area contributed by atoms with E-state index >= 15 is 0 Å². The third-order valence-electron chi connectivity index (χ3n) is 13.2. The van der Waals surface area contributed by atoms with E-state index in [0.717, 1.165) is 55.3 Å². The Morgan fingerprint density at radius 1 is 0.358 bits per heavy atom. The predicted octanol–water partition coefficient (Wildman–Crippen LogP) is 16.7. The fourth-order valence-corrected chi connectivity index (χ4v) is 11.3. The van der Waals surface area contributed by atoms with Gasteiger partial charge in [0.15, 0.2) is 17.5 Å². The lowest BCUT2D eigenvalue weighted by atomic mass is 9.96. The maximum absolute atomic E-state index is 6.29. The van der Waals surface area contributed by atoms with Crippen molar-refractivity contribution < 1.29 is 4.42 Å². The first-order valence-electron chi connectivity index (χ1n) is 22.5. The zero-order valence-corrected chi connectivity index (χ0v) is 36.7. The number of nitrogens with zero attached hydrogens (tertiary/aromatic N) is 4. The Morgan fingerprint density at radius 3 is 1.76 bits per heavy atom. The van der Waals surface area contributed by atoms with Crippen molar-refractivity contribution in [3.63, 3.8) is 0 Å². The van der Waals surface area contributed by atoms with Gasteiger partial charge in [-0.2, -0.15) is 0 Å². The number of hydrogen-bond donors (Lipinski definition) is 0. The molecule has 312 valence electrons. The van der Waals surface area contributed by atoms with Crippen LogP contribution in [-0.2, 0) is 0 Å². The van der Waals surface area contributed by atoms with Crippen LogP contribution in [0.3, 0.4) is 0 Å². The van der Waals surface area contributed by atoms with Crippen LogP contribution in [0.5, 0.6) is 0 Å². The highest BCUT2D eigenvalue weighted by atomic mass is 32.1. The van der Waals surface area contributed by atoms with Crippen LogP contribution < -0.4 is 0 Å². The fraction of sp³-hybridized carbons (Fsp3) is 0. The lowest BCUT2D eigenvalue weighted by Gasteiger charge is -2.14. The Labute approximate surface area is 388 Å². The highest BCUT2D eigenvalue weighted by Crippen LogP contribution is 2.44. The van der Waals surface area contributed by atoms with E-state index in [-0.39, 0.29) is 0 Å². The summed E-state index contributed by atoms with van der Waals surface area (Å²) in [6.07, 6.45) is 0. The standard InChI is InChI=1S/C61H36N4OS/c1-2-13-37(14-3-1)59-62-60(64-61(63-59)43-29-32-48-47-19-6-8-25-54(47)66-55(48)36-43)38-27-30-44(31-28-38)65-53-35-40-16-5-4-15-39(40)34-52(53)50-23-11-21-45(57(50)65)41-17-10-18-42(33-41)46-22-12-24-51-49-20-7-9-26-56(49)67-58(46)51/h1-36H. The Kier molecular flexibility index (Phi) is 8.38. The lowest BCUT2D eigenvalue weighted by Crippen LogP contribution is -2.00. The summed E-state index contributed by atoms with van der Waals surface area (Å²) >= 11 is 1.87. The van der Waals surface area contributed by atoms with Crippen molar-refractivity contribution >= 4 is 86.0 Å². The summed E-state index contributed by atoms with van der Waals surface area (Å²) in [6, 6.07) is 77.7. The number of hydrogen-bond acceptors (Lipinski definition) is 5. The molecule has 0 unspecified atom stereocenters. The van der Waals surface area contributed by atoms with Crippen molar-refractivity contribution in [1.29, 1.82) is 0 Å². The van der Waals surface area contributed by atoms with E-state index < -0.39 is 0 Å². The van der Waals surface area contributed by atoms with Gasteiger partial charge in [0, 0.05) is 69.7 Å². The monoisotopic (exact) mass is 872 g/mol. The van der Waals surface area contributed by atoms with Crippen LogP contribution in [0.4, 0.5) is 0 Å². The molecule has 0 bridgehead atoms. The first kappa shape index (κ1) is 37.6. The maximum Gasteiger partial charge on any atom is 0.164 e. The summed E-state index contributed by atoms with van der Waals surface area (Å²) in [5.41, 5.74) is 12.5. The van der Waals surface area contributed by atoms with Crippen LogP contribution in [0.1, 0.15) is 0 Å². The minimum absolute atomic E-state index is 0.583. The van der Waals surface area contributed by atoms with Gasteiger partial charge in [0.1, 0.15) is 11.2 Å². The molecular formula is C61H36N4OS. The normalized spacial score (nSPS) is 11.9. The van der Waals surface area contributed by atoms with Gasteiger partial charge < -0.3 is 8.98 Å². The van der Waals surface area contributed by atoms with Gasteiger partial charge in [0.25, 0.3) is 0 Å². The average molecular weight is 873 g/mol. The number of fused-ring (bicyclic) bond motifs is 10. The second kappa shape index (κ2) is 14.9. The van der Waals surface area contributed by atoms with Crippen molar-refractivity contribution in [3.05, 3.63) is 218 Å². The zero-order chi connectivity index (χ0) is 44.0. The van der Waals surface area contributed by atoms with E-state index in [2.05, 4.69) is 168 Å². The number of benzene rings is 10. The first-order chi connectivity index (χ1) is 33.2. The van der Waals surface area contributed by atoms with Gasteiger partial charge >= 0.3 is 0 Å². The Bertz CT molecular complexity index is 4280. The Balaban J connectivity index is 0.931. The van der Waals surface area contributed by atoms with Gasteiger partial charge in [0.05, 0.1) is 11.0 Å². The smallest absolute Gasteiger partial charge is 0.164 e. The molecule has 0 fully saturated rings. The molecule has 4 aromatic heterocycles. The molecular weight excluding hydrogens is 837 g/mol. The molecule has 0 saturated heterocycles. The predicted molar refractivity (Wildman–Crippen MR) is 279 cm³/mol. The van der Waals surface area contributed by atoms with Crippen molar-refractivity contribution in [3.8, 4) is 62.1 Å². The number of furan rings is 1. The molecule has 14 rings (SSSR count). The number of aromatic nitrogens is 4. The highest BCUT2D eigenvalue weighted by molar-refractivity contribution is 7.26. The van der Waals surface area contributed by atoms with E-state index in [0.29, 0.717) is 17.5 Å². The summed E-state index contributed by atoms with van der Waals surface area (Å²) in [7, 11) is 0. The van der Waals surface area contributed by atoms with Gasteiger partial charge in [0.2, 0.25) is 0 Å². The van der Waals surface area contributed by atoms with E-state index in [1.165, 1.54) is 64.0 Å². The van der Waals surface area contributed by atoms with Crippen molar-refractivity contribution in [2.24, 2.45) is 0 Å². The summed E-state index contributed by atoms with van der Waals surface area (Å²) in [5.74, 6) is 1.79. The molecule has 0 saturated carbocycles. The third kappa shape index (κ3) is 6.11. The molecule has 0 spiro atoms. The number of thiophene rings is 1. The SMILES string of the molecule is c1ccc(-c2nc(-c3ccc(-n4c5cc6ccccc6cc5c5cccc(-c6cccc(-c7cccc8c7sc7ccccc78)c6)c54)cc3)nc(-c3ccc4c(c3)oc3ccccc34)n2)cc1. The topological polar surface area (TPSA) is 56.7 Å². The van der Waals surface area contributed by atoms with Crippen LogP contribution in [0, 0.1) is 0 Å². The van der Waals surface area contributed by atoms with Crippen LogP contribution in [0.2, 0.25) is 0 Å². The second-order valence-electron chi connectivity index (χ2n) is 17.1. The Hall–Kier alpha value is -8.71. The molecule has 4 heterocycles. The van der Waals surface area contributed by atoms with Gasteiger partial charge in [-0.15, -0.1) is 11.3 Å². The lowest BCUT2D eigenvalue weighted by molar-refractivity contribution is 0.669. The molecule has 10 aromatic carbocycles. The molecule has 0 N–H and O–H groups in total.